The second-order valence-electron chi connectivity index (χ2n) is 6.99. The Balaban J connectivity index is 1.37. The van der Waals surface area contributed by atoms with Crippen molar-refractivity contribution in [1.82, 2.24) is 5.32 Å². The quantitative estimate of drug-likeness (QED) is 0.862. The van der Waals surface area contributed by atoms with Crippen molar-refractivity contribution in [1.29, 1.82) is 0 Å². The van der Waals surface area contributed by atoms with Crippen molar-refractivity contribution in [2.45, 2.75) is 18.8 Å². The predicted molar refractivity (Wildman–Crippen MR) is 96.9 cm³/mol. The number of aliphatic carboxylic acids is 1. The largest absolute Gasteiger partial charge is 0.481 e. The molecule has 2 aliphatic carbocycles. The lowest BCUT2D eigenvalue weighted by molar-refractivity contribution is -0.147. The molecule has 0 saturated heterocycles. The minimum absolute atomic E-state index is 0.00739. The van der Waals surface area contributed by atoms with E-state index in [0.29, 0.717) is 13.0 Å². The third-order valence-corrected chi connectivity index (χ3v) is 5.59. The molecule has 2 aromatic rings. The molecule has 1 amide bonds. The highest BCUT2D eigenvalue weighted by Gasteiger charge is 2.36. The first-order chi connectivity index (χ1) is 12.6. The standard InChI is InChI=1S/C21H21NO4/c23-20(24)14-10-9-13(14)11-22-21(25)26-12-19-17-7-3-1-5-15(17)16-6-2-4-8-18(16)19/h1-8,13-14,19H,9-12H2,(H,22,25)(H,23,24). The highest BCUT2D eigenvalue weighted by atomic mass is 16.5. The van der Waals surface area contributed by atoms with E-state index in [1.807, 2.05) is 24.3 Å². The second kappa shape index (κ2) is 6.83. The molecule has 2 aromatic carbocycles. The molecule has 2 N–H and O–H groups in total. The van der Waals surface area contributed by atoms with Crippen LogP contribution in [0.3, 0.4) is 0 Å². The van der Waals surface area contributed by atoms with E-state index in [1.165, 1.54) is 22.3 Å². The summed E-state index contributed by atoms with van der Waals surface area (Å²) in [4.78, 5) is 23.1. The first-order valence-corrected chi connectivity index (χ1v) is 8.97. The number of carbonyl (C=O) groups is 2. The van der Waals surface area contributed by atoms with Gasteiger partial charge in [0, 0.05) is 12.5 Å². The molecule has 134 valence electrons. The van der Waals surface area contributed by atoms with Crippen LogP contribution in [0, 0.1) is 11.8 Å². The van der Waals surface area contributed by atoms with Crippen LogP contribution in [0.25, 0.3) is 11.1 Å². The maximum Gasteiger partial charge on any atom is 0.407 e. The van der Waals surface area contributed by atoms with Crippen molar-refractivity contribution in [2.24, 2.45) is 11.8 Å². The van der Waals surface area contributed by atoms with Crippen LogP contribution in [-0.4, -0.2) is 30.3 Å². The van der Waals surface area contributed by atoms with Crippen LogP contribution in [0.15, 0.2) is 48.5 Å². The lowest BCUT2D eigenvalue weighted by Gasteiger charge is -2.33. The van der Waals surface area contributed by atoms with E-state index in [9.17, 15) is 9.59 Å². The number of amides is 1. The first kappa shape index (κ1) is 16.6. The SMILES string of the molecule is O=C(NCC1CCC1C(=O)O)OCC1c2ccccc2-c2ccccc21. The summed E-state index contributed by atoms with van der Waals surface area (Å²) in [5.74, 6) is -1.09. The predicted octanol–water partition coefficient (Wildman–Crippen LogP) is 3.64. The normalized spacial score (nSPS) is 20.6. The van der Waals surface area contributed by atoms with E-state index in [1.54, 1.807) is 0 Å². The number of ether oxygens (including phenoxy) is 1. The van der Waals surface area contributed by atoms with Gasteiger partial charge in [-0.15, -0.1) is 0 Å². The molecule has 4 rings (SSSR count). The fourth-order valence-corrected chi connectivity index (χ4v) is 4.00. The number of carbonyl (C=O) groups excluding carboxylic acids is 1. The van der Waals surface area contributed by atoms with Crippen molar-refractivity contribution in [2.75, 3.05) is 13.2 Å². The molecule has 5 nitrogen and oxygen atoms in total. The molecule has 0 radical (unpaired) electrons. The van der Waals surface area contributed by atoms with Crippen LogP contribution in [0.4, 0.5) is 4.79 Å². The maximum atomic E-state index is 12.1. The smallest absolute Gasteiger partial charge is 0.407 e. The van der Waals surface area contributed by atoms with Crippen LogP contribution < -0.4 is 5.32 Å². The van der Waals surface area contributed by atoms with Crippen LogP contribution in [0.5, 0.6) is 0 Å². The molecule has 0 aromatic heterocycles. The van der Waals surface area contributed by atoms with Crippen molar-refractivity contribution >= 4 is 12.1 Å². The molecule has 26 heavy (non-hydrogen) atoms. The molecule has 5 heteroatoms. The summed E-state index contributed by atoms with van der Waals surface area (Å²) in [6.45, 7) is 0.626. The summed E-state index contributed by atoms with van der Waals surface area (Å²) in [7, 11) is 0. The van der Waals surface area contributed by atoms with E-state index >= 15 is 0 Å². The number of nitrogens with one attached hydrogen (secondary N) is 1. The first-order valence-electron chi connectivity index (χ1n) is 8.97. The third kappa shape index (κ3) is 2.94. The van der Waals surface area contributed by atoms with Gasteiger partial charge in [-0.1, -0.05) is 48.5 Å². The van der Waals surface area contributed by atoms with E-state index in [2.05, 4.69) is 29.6 Å². The molecular formula is C21H21NO4. The van der Waals surface area contributed by atoms with Gasteiger partial charge in [0.1, 0.15) is 6.61 Å². The fourth-order valence-electron chi connectivity index (χ4n) is 4.00. The van der Waals surface area contributed by atoms with Crippen molar-refractivity contribution in [3.05, 3.63) is 59.7 Å². The summed E-state index contributed by atoms with van der Waals surface area (Å²) in [6, 6.07) is 16.4. The van der Waals surface area contributed by atoms with E-state index in [4.69, 9.17) is 9.84 Å². The Labute approximate surface area is 152 Å². The topological polar surface area (TPSA) is 75.6 Å². The minimum Gasteiger partial charge on any atom is -0.481 e. The average molecular weight is 351 g/mol. The summed E-state index contributed by atoms with van der Waals surface area (Å²) >= 11 is 0. The highest BCUT2D eigenvalue weighted by molar-refractivity contribution is 5.79. The molecule has 1 fully saturated rings. The van der Waals surface area contributed by atoms with Crippen molar-refractivity contribution in [3.63, 3.8) is 0 Å². The van der Waals surface area contributed by atoms with Gasteiger partial charge >= 0.3 is 12.1 Å². The van der Waals surface area contributed by atoms with Gasteiger partial charge in [-0.25, -0.2) is 4.79 Å². The number of fused-ring (bicyclic) bond motifs is 3. The Morgan fingerprint density at radius 3 is 2.15 bits per heavy atom. The lowest BCUT2D eigenvalue weighted by atomic mass is 9.74. The summed E-state index contributed by atoms with van der Waals surface area (Å²) in [5, 5.41) is 11.8. The molecule has 0 spiro atoms. The van der Waals surface area contributed by atoms with Gasteiger partial charge in [0.2, 0.25) is 0 Å². The zero-order chi connectivity index (χ0) is 18.1. The van der Waals surface area contributed by atoms with Crippen molar-refractivity contribution < 1.29 is 19.4 Å². The number of hydrogen-bond donors (Lipinski definition) is 2. The summed E-state index contributed by atoms with van der Waals surface area (Å²) in [6.07, 6.45) is 1.04. The van der Waals surface area contributed by atoms with Gasteiger partial charge in [-0.2, -0.15) is 0 Å². The van der Waals surface area contributed by atoms with Gasteiger partial charge in [-0.05, 0) is 41.0 Å². The number of carboxylic acids is 1. The molecular weight excluding hydrogens is 330 g/mol. The number of benzene rings is 2. The Morgan fingerprint density at radius 2 is 1.62 bits per heavy atom. The van der Waals surface area contributed by atoms with E-state index in [0.717, 1.165) is 6.42 Å². The van der Waals surface area contributed by atoms with E-state index < -0.39 is 12.1 Å². The number of hydrogen-bond acceptors (Lipinski definition) is 3. The summed E-state index contributed by atoms with van der Waals surface area (Å²) < 4.78 is 5.46. The molecule has 2 unspecified atom stereocenters. The van der Waals surface area contributed by atoms with Crippen LogP contribution in [-0.2, 0) is 9.53 Å². The molecule has 0 aliphatic heterocycles. The van der Waals surface area contributed by atoms with Crippen LogP contribution in [0.1, 0.15) is 29.9 Å². The Morgan fingerprint density at radius 1 is 1.00 bits per heavy atom. The zero-order valence-electron chi connectivity index (χ0n) is 14.4. The number of alkyl carbamates (subject to hydrolysis) is 1. The molecule has 2 atom stereocenters. The van der Waals surface area contributed by atoms with Crippen LogP contribution in [0.2, 0.25) is 0 Å². The van der Waals surface area contributed by atoms with Gasteiger partial charge < -0.3 is 15.2 Å². The third-order valence-electron chi connectivity index (χ3n) is 5.59. The molecule has 2 aliphatic rings. The van der Waals surface area contributed by atoms with Crippen molar-refractivity contribution in [3.8, 4) is 11.1 Å². The van der Waals surface area contributed by atoms with Gasteiger partial charge in [-0.3, -0.25) is 4.79 Å². The molecule has 0 heterocycles. The highest BCUT2D eigenvalue weighted by Crippen LogP contribution is 2.44. The average Bonchev–Trinajstić information content (AvgIpc) is 2.93. The van der Waals surface area contributed by atoms with Gasteiger partial charge in [0.25, 0.3) is 0 Å². The van der Waals surface area contributed by atoms with Gasteiger partial charge in [0.15, 0.2) is 0 Å². The van der Waals surface area contributed by atoms with Gasteiger partial charge in [0.05, 0.1) is 5.92 Å². The molecule has 0 bridgehead atoms. The number of carboxylic acid groups (broad SMARTS) is 1. The molecule has 1 saturated carbocycles. The Hall–Kier alpha value is -2.82. The zero-order valence-corrected chi connectivity index (χ0v) is 14.4. The monoisotopic (exact) mass is 351 g/mol. The second-order valence-corrected chi connectivity index (χ2v) is 6.99. The summed E-state index contributed by atoms with van der Waals surface area (Å²) in [5.41, 5.74) is 4.73. The minimum atomic E-state index is -0.782. The Bertz CT molecular complexity index is 802. The fraction of sp³-hybridized carbons (Fsp3) is 0.333. The van der Waals surface area contributed by atoms with E-state index in [-0.39, 0.29) is 24.4 Å². The number of rotatable bonds is 5. The Kier molecular flexibility index (Phi) is 4.37. The van der Waals surface area contributed by atoms with Crippen LogP contribution >= 0.6 is 0 Å². The lowest BCUT2D eigenvalue weighted by Crippen LogP contribution is -2.41. The maximum absolute atomic E-state index is 12.1.